The van der Waals surface area contributed by atoms with Crippen molar-refractivity contribution in [3.05, 3.63) is 21.1 Å². The Morgan fingerprint density at radius 3 is 2.45 bits per heavy atom. The average molecular weight is 429 g/mol. The number of sulfonamides is 1. The molecule has 0 atom stereocenters. The van der Waals surface area contributed by atoms with Gasteiger partial charge in [0.05, 0.1) is 5.69 Å². The van der Waals surface area contributed by atoms with E-state index in [4.69, 9.17) is 5.73 Å². The monoisotopic (exact) mass is 427 g/mol. The van der Waals surface area contributed by atoms with E-state index in [1.165, 1.54) is 0 Å². The molecule has 0 aromatic heterocycles. The molecule has 0 radical (unpaired) electrons. The summed E-state index contributed by atoms with van der Waals surface area (Å²) in [7, 11) is 0.384. The van der Waals surface area contributed by atoms with Crippen LogP contribution in [-0.2, 0) is 10.0 Å². The molecular formula is C12H19Br2N3O2S. The highest BCUT2D eigenvalue weighted by Crippen LogP contribution is 2.31. The van der Waals surface area contributed by atoms with Crippen LogP contribution in [0.3, 0.4) is 0 Å². The van der Waals surface area contributed by atoms with Gasteiger partial charge in [-0.25, -0.2) is 13.1 Å². The Bertz CT molecular complexity index is 539. The second-order valence-electron chi connectivity index (χ2n) is 4.71. The van der Waals surface area contributed by atoms with Gasteiger partial charge in [-0.2, -0.15) is 0 Å². The third-order valence-corrected chi connectivity index (χ3v) is 5.55. The summed E-state index contributed by atoms with van der Waals surface area (Å²) in [5, 5.41) is 0. The molecule has 0 unspecified atom stereocenters. The number of nitrogens with one attached hydrogen (secondary N) is 1. The maximum atomic E-state index is 12.2. The van der Waals surface area contributed by atoms with Crippen LogP contribution in [0.5, 0.6) is 0 Å². The van der Waals surface area contributed by atoms with E-state index < -0.39 is 10.0 Å². The summed E-state index contributed by atoms with van der Waals surface area (Å²) >= 11 is 6.51. The number of rotatable bonds is 7. The van der Waals surface area contributed by atoms with Gasteiger partial charge >= 0.3 is 0 Å². The lowest BCUT2D eigenvalue weighted by Crippen LogP contribution is -2.26. The number of nitrogens with zero attached hydrogens (tertiary/aromatic N) is 1. The van der Waals surface area contributed by atoms with Gasteiger partial charge in [0.15, 0.2) is 0 Å². The Labute approximate surface area is 137 Å². The van der Waals surface area contributed by atoms with E-state index >= 15 is 0 Å². The molecule has 0 fully saturated rings. The summed E-state index contributed by atoms with van der Waals surface area (Å²) in [6.45, 7) is 1.34. The zero-order valence-electron chi connectivity index (χ0n) is 11.5. The molecule has 1 aromatic carbocycles. The number of benzene rings is 1. The maximum absolute atomic E-state index is 12.2. The molecule has 0 amide bonds. The second-order valence-corrected chi connectivity index (χ2v) is 8.19. The lowest BCUT2D eigenvalue weighted by atomic mass is 10.3. The zero-order chi connectivity index (χ0) is 15.3. The summed E-state index contributed by atoms with van der Waals surface area (Å²) in [5.41, 5.74) is 6.01. The lowest BCUT2D eigenvalue weighted by Gasteiger charge is -2.12. The molecule has 3 N–H and O–H groups in total. The first-order valence-electron chi connectivity index (χ1n) is 6.13. The van der Waals surface area contributed by atoms with Gasteiger partial charge in [0, 0.05) is 15.5 Å². The van der Waals surface area contributed by atoms with Crippen LogP contribution >= 0.6 is 31.9 Å². The number of anilines is 1. The van der Waals surface area contributed by atoms with E-state index in [0.717, 1.165) is 23.9 Å². The Kier molecular flexibility index (Phi) is 6.93. The van der Waals surface area contributed by atoms with Crippen molar-refractivity contribution in [2.75, 3.05) is 32.9 Å². The van der Waals surface area contributed by atoms with E-state index in [0.29, 0.717) is 11.0 Å². The molecule has 0 aliphatic heterocycles. The highest BCUT2D eigenvalue weighted by Gasteiger charge is 2.21. The van der Waals surface area contributed by atoms with E-state index in [1.54, 1.807) is 12.1 Å². The van der Waals surface area contributed by atoms with Crippen LogP contribution < -0.4 is 10.5 Å². The first kappa shape index (κ1) is 17.9. The largest absolute Gasteiger partial charge is 0.398 e. The molecule has 0 spiro atoms. The zero-order valence-corrected chi connectivity index (χ0v) is 15.5. The Hall–Kier alpha value is -0.150. The first-order valence-corrected chi connectivity index (χ1v) is 9.20. The third kappa shape index (κ3) is 5.33. The number of nitrogen functional groups attached to an aromatic ring is 1. The Morgan fingerprint density at radius 1 is 1.25 bits per heavy atom. The lowest BCUT2D eigenvalue weighted by molar-refractivity contribution is 0.394. The molecule has 0 aliphatic carbocycles. The Balaban J connectivity index is 2.70. The van der Waals surface area contributed by atoms with Gasteiger partial charge in [-0.05, 0) is 61.5 Å². The summed E-state index contributed by atoms with van der Waals surface area (Å²) < 4.78 is 28.2. The highest BCUT2D eigenvalue weighted by atomic mass is 79.9. The third-order valence-electron chi connectivity index (χ3n) is 2.63. The van der Waals surface area contributed by atoms with Gasteiger partial charge in [-0.1, -0.05) is 15.9 Å². The number of halogens is 2. The molecule has 20 heavy (non-hydrogen) atoms. The molecule has 1 aromatic rings. The number of nitrogens with two attached hydrogens (primary N) is 1. The van der Waals surface area contributed by atoms with E-state index in [-0.39, 0.29) is 10.6 Å². The van der Waals surface area contributed by atoms with Gasteiger partial charge in [0.25, 0.3) is 0 Å². The van der Waals surface area contributed by atoms with Crippen molar-refractivity contribution in [1.29, 1.82) is 0 Å². The highest BCUT2D eigenvalue weighted by molar-refractivity contribution is 9.11. The van der Waals surface area contributed by atoms with Crippen LogP contribution in [0.25, 0.3) is 0 Å². The SMILES string of the molecule is CN(C)CCCCNS(=O)(=O)c1c(N)cc(Br)cc1Br. The number of hydrogen-bond acceptors (Lipinski definition) is 4. The maximum Gasteiger partial charge on any atom is 0.243 e. The minimum Gasteiger partial charge on any atom is -0.398 e. The predicted molar refractivity (Wildman–Crippen MR) is 89.2 cm³/mol. The predicted octanol–water partition coefficient (Wildman–Crippen LogP) is 2.41. The van der Waals surface area contributed by atoms with Crippen LogP contribution in [0.4, 0.5) is 5.69 Å². The summed E-state index contributed by atoms with van der Waals surface area (Å²) in [6.07, 6.45) is 1.72. The number of unbranched alkanes of at least 4 members (excludes halogenated alkanes) is 1. The van der Waals surface area contributed by atoms with Gasteiger partial charge in [-0.3, -0.25) is 0 Å². The topological polar surface area (TPSA) is 75.4 Å². The molecule has 0 bridgehead atoms. The van der Waals surface area contributed by atoms with Crippen LogP contribution in [0.2, 0.25) is 0 Å². The molecule has 0 saturated heterocycles. The van der Waals surface area contributed by atoms with Crippen molar-refractivity contribution < 1.29 is 8.42 Å². The van der Waals surface area contributed by atoms with Crippen molar-refractivity contribution in [3.63, 3.8) is 0 Å². The molecule has 0 saturated carbocycles. The van der Waals surface area contributed by atoms with Gasteiger partial charge in [-0.15, -0.1) is 0 Å². The standard InChI is InChI=1S/C12H19Br2N3O2S/c1-17(2)6-4-3-5-16-20(18,19)12-10(14)7-9(13)8-11(12)15/h7-8,16H,3-6,15H2,1-2H3. The van der Waals surface area contributed by atoms with Gasteiger partial charge in [0.1, 0.15) is 4.90 Å². The summed E-state index contributed by atoms with van der Waals surface area (Å²) in [4.78, 5) is 2.16. The molecule has 114 valence electrons. The minimum absolute atomic E-state index is 0.0910. The van der Waals surface area contributed by atoms with Crippen molar-refractivity contribution >= 4 is 47.6 Å². The van der Waals surface area contributed by atoms with Gasteiger partial charge in [0.2, 0.25) is 10.0 Å². The molecular weight excluding hydrogens is 410 g/mol. The van der Waals surface area contributed by atoms with Crippen molar-refractivity contribution in [1.82, 2.24) is 9.62 Å². The first-order chi connectivity index (χ1) is 9.24. The van der Waals surface area contributed by atoms with Crippen molar-refractivity contribution in [2.24, 2.45) is 0 Å². The van der Waals surface area contributed by atoms with E-state index in [1.807, 2.05) is 14.1 Å². The summed E-state index contributed by atoms with van der Waals surface area (Å²) in [5.74, 6) is 0. The number of hydrogen-bond donors (Lipinski definition) is 2. The van der Waals surface area contributed by atoms with Crippen LogP contribution in [-0.4, -0.2) is 40.5 Å². The average Bonchev–Trinajstić information content (AvgIpc) is 2.25. The second kappa shape index (κ2) is 7.74. The minimum atomic E-state index is -3.60. The fourth-order valence-electron chi connectivity index (χ4n) is 1.70. The molecule has 5 nitrogen and oxygen atoms in total. The molecule has 1 rings (SSSR count). The van der Waals surface area contributed by atoms with Gasteiger partial charge < -0.3 is 10.6 Å². The summed E-state index contributed by atoms with van der Waals surface area (Å²) in [6, 6.07) is 3.24. The Morgan fingerprint density at radius 2 is 1.90 bits per heavy atom. The normalized spacial score (nSPS) is 12.1. The molecule has 0 aliphatic rings. The fraction of sp³-hybridized carbons (Fsp3) is 0.500. The van der Waals surface area contributed by atoms with Crippen molar-refractivity contribution in [3.8, 4) is 0 Å². The fourth-order valence-corrected chi connectivity index (χ4v) is 4.84. The van der Waals surface area contributed by atoms with E-state index in [9.17, 15) is 8.42 Å². The van der Waals surface area contributed by atoms with Crippen molar-refractivity contribution in [2.45, 2.75) is 17.7 Å². The van der Waals surface area contributed by atoms with Crippen LogP contribution in [0.1, 0.15) is 12.8 Å². The quantitative estimate of drug-likeness (QED) is 0.516. The van der Waals surface area contributed by atoms with Crippen LogP contribution in [0, 0.1) is 0 Å². The smallest absolute Gasteiger partial charge is 0.243 e. The van der Waals surface area contributed by atoms with E-state index in [2.05, 4.69) is 41.5 Å². The molecule has 0 heterocycles. The van der Waals surface area contributed by atoms with Crippen LogP contribution in [0.15, 0.2) is 26.0 Å². The molecule has 8 heteroatoms.